The van der Waals surface area contributed by atoms with Crippen LogP contribution in [0.5, 0.6) is 0 Å². The molecule has 2 aliphatic rings. The Morgan fingerprint density at radius 2 is 1.88 bits per heavy atom. The van der Waals surface area contributed by atoms with Crippen molar-refractivity contribution in [2.24, 2.45) is 5.92 Å². The maximum absolute atomic E-state index is 12.2. The Morgan fingerprint density at radius 3 is 2.42 bits per heavy atom. The van der Waals surface area contributed by atoms with E-state index in [2.05, 4.69) is 22.0 Å². The molecule has 2 fully saturated rings. The lowest BCUT2D eigenvalue weighted by molar-refractivity contribution is -0.128. The molecule has 6 heteroatoms. The molecule has 0 radical (unpaired) electrons. The van der Waals surface area contributed by atoms with Gasteiger partial charge in [-0.3, -0.25) is 19.4 Å². The zero-order chi connectivity index (χ0) is 17.7. The van der Waals surface area contributed by atoms with E-state index >= 15 is 0 Å². The summed E-state index contributed by atoms with van der Waals surface area (Å²) in [6.07, 6.45) is 2.52. The first-order valence-corrected chi connectivity index (χ1v) is 9.24. The number of ketones is 1. The first kappa shape index (κ1) is 19.3. The number of carbonyl (C=O) groups is 2. The van der Waals surface area contributed by atoms with Crippen LogP contribution in [0.2, 0.25) is 0 Å². The third-order valence-corrected chi connectivity index (χ3v) is 5.13. The van der Waals surface area contributed by atoms with E-state index in [-0.39, 0.29) is 23.7 Å². The van der Waals surface area contributed by atoms with E-state index in [0.29, 0.717) is 18.7 Å². The molecule has 2 saturated heterocycles. The van der Waals surface area contributed by atoms with Crippen molar-refractivity contribution in [1.29, 1.82) is 0 Å². The minimum absolute atomic E-state index is 0.0264. The number of nitrogens with one attached hydrogen (secondary N) is 1. The topological polar surface area (TPSA) is 61.9 Å². The monoisotopic (exact) mass is 339 g/mol. The average molecular weight is 339 g/mol. The third kappa shape index (κ3) is 5.53. The van der Waals surface area contributed by atoms with Crippen LogP contribution in [0.3, 0.4) is 0 Å². The lowest BCUT2D eigenvalue weighted by atomic mass is 10.0. The van der Waals surface area contributed by atoms with E-state index in [4.69, 9.17) is 4.74 Å². The Morgan fingerprint density at radius 1 is 1.21 bits per heavy atom. The highest BCUT2D eigenvalue weighted by molar-refractivity contribution is 5.88. The van der Waals surface area contributed by atoms with Crippen molar-refractivity contribution in [2.75, 3.05) is 39.3 Å². The predicted octanol–water partition coefficient (Wildman–Crippen LogP) is 0.901. The van der Waals surface area contributed by atoms with E-state index < -0.39 is 0 Å². The van der Waals surface area contributed by atoms with Gasteiger partial charge in [0.05, 0.1) is 25.3 Å². The van der Waals surface area contributed by atoms with E-state index in [0.717, 1.165) is 45.6 Å². The van der Waals surface area contributed by atoms with Crippen molar-refractivity contribution in [3.05, 3.63) is 0 Å². The van der Waals surface area contributed by atoms with E-state index in [1.165, 1.54) is 0 Å². The van der Waals surface area contributed by atoms with Crippen molar-refractivity contribution in [1.82, 2.24) is 15.1 Å². The molecule has 2 atom stereocenters. The third-order valence-electron chi connectivity index (χ3n) is 5.13. The van der Waals surface area contributed by atoms with Crippen LogP contribution in [0.4, 0.5) is 0 Å². The van der Waals surface area contributed by atoms with E-state index in [1.807, 2.05) is 13.8 Å². The van der Waals surface area contributed by atoms with Crippen LogP contribution in [-0.2, 0) is 14.3 Å². The summed E-state index contributed by atoms with van der Waals surface area (Å²) in [5.41, 5.74) is 0. The molecule has 2 rings (SSSR count). The molecule has 6 nitrogen and oxygen atoms in total. The first-order chi connectivity index (χ1) is 11.4. The highest BCUT2D eigenvalue weighted by Gasteiger charge is 2.29. The van der Waals surface area contributed by atoms with E-state index in [9.17, 15) is 9.59 Å². The predicted molar refractivity (Wildman–Crippen MR) is 93.9 cm³/mol. The molecule has 138 valence electrons. The molecular weight excluding hydrogens is 306 g/mol. The summed E-state index contributed by atoms with van der Waals surface area (Å²) >= 11 is 0. The molecule has 2 aliphatic heterocycles. The summed E-state index contributed by atoms with van der Waals surface area (Å²) in [7, 11) is 0. The lowest BCUT2D eigenvalue weighted by Gasteiger charge is -2.41. The number of Topliss-reactive ketones (excluding diaryl/α,β-unsaturated/α-hetero) is 1. The van der Waals surface area contributed by atoms with Gasteiger partial charge in [-0.2, -0.15) is 0 Å². The summed E-state index contributed by atoms with van der Waals surface area (Å²) in [6, 6.07) is 0.237. The molecule has 24 heavy (non-hydrogen) atoms. The van der Waals surface area contributed by atoms with Gasteiger partial charge in [-0.25, -0.2) is 0 Å². The van der Waals surface area contributed by atoms with Gasteiger partial charge in [0.25, 0.3) is 0 Å². The maximum Gasteiger partial charge on any atom is 0.234 e. The Labute approximate surface area is 145 Å². The molecule has 2 heterocycles. The fourth-order valence-corrected chi connectivity index (χ4v) is 3.78. The molecule has 0 saturated carbocycles. The summed E-state index contributed by atoms with van der Waals surface area (Å²) in [6.45, 7) is 12.7. The van der Waals surface area contributed by atoms with Gasteiger partial charge < -0.3 is 10.1 Å². The number of amides is 1. The van der Waals surface area contributed by atoms with Crippen LogP contribution < -0.4 is 5.32 Å². The molecule has 0 aromatic rings. The second-order valence-corrected chi connectivity index (χ2v) is 7.58. The first-order valence-electron chi connectivity index (χ1n) is 9.24. The van der Waals surface area contributed by atoms with Crippen LogP contribution in [0.15, 0.2) is 0 Å². The minimum Gasteiger partial charge on any atom is -0.376 e. The SMILES string of the molecule is CC(=O)[C@@H](NC(=O)CN1CCC(N2CCO[C@H](C)C2)CC1)C(C)C. The standard InChI is InChI=1S/C18H33N3O3/c1-13(2)18(15(4)22)19-17(23)12-20-7-5-16(6-8-20)21-9-10-24-14(3)11-21/h13-14,16,18H,5-12H2,1-4H3,(H,19,23)/t14-,18+/m1/s1. The van der Waals surface area contributed by atoms with Gasteiger partial charge in [0.1, 0.15) is 0 Å². The Kier molecular flexibility index (Phi) is 7.19. The highest BCUT2D eigenvalue weighted by atomic mass is 16.5. The quantitative estimate of drug-likeness (QED) is 0.779. The van der Waals surface area contributed by atoms with Crippen molar-refractivity contribution in [3.63, 3.8) is 0 Å². The summed E-state index contributed by atoms with van der Waals surface area (Å²) in [4.78, 5) is 28.6. The Balaban J connectivity index is 1.74. The number of morpholine rings is 1. The van der Waals surface area contributed by atoms with Crippen LogP contribution >= 0.6 is 0 Å². The molecule has 0 bridgehead atoms. The minimum atomic E-state index is -0.370. The molecule has 0 aliphatic carbocycles. The van der Waals surface area contributed by atoms with Crippen molar-refractivity contribution in [3.8, 4) is 0 Å². The number of rotatable bonds is 6. The number of carbonyl (C=O) groups excluding carboxylic acids is 2. The smallest absolute Gasteiger partial charge is 0.234 e. The van der Waals surface area contributed by atoms with Crippen LogP contribution in [0.25, 0.3) is 0 Å². The van der Waals surface area contributed by atoms with Crippen molar-refractivity contribution < 1.29 is 14.3 Å². The molecule has 0 aromatic heterocycles. The average Bonchev–Trinajstić information content (AvgIpc) is 2.52. The van der Waals surface area contributed by atoms with Crippen molar-refractivity contribution in [2.45, 2.75) is 58.7 Å². The highest BCUT2D eigenvalue weighted by Crippen LogP contribution is 2.19. The summed E-state index contributed by atoms with van der Waals surface area (Å²) in [5.74, 6) is 0.112. The number of hydrogen-bond donors (Lipinski definition) is 1. The number of likely N-dealkylation sites (tertiary alicyclic amines) is 1. The number of piperidine rings is 1. The van der Waals surface area contributed by atoms with Gasteiger partial charge in [-0.05, 0) is 32.6 Å². The molecule has 0 spiro atoms. The van der Waals surface area contributed by atoms with Gasteiger partial charge >= 0.3 is 0 Å². The normalized spacial score (nSPS) is 25.6. The Bertz CT molecular complexity index is 433. The van der Waals surface area contributed by atoms with Crippen LogP contribution in [0.1, 0.15) is 40.5 Å². The summed E-state index contributed by atoms with van der Waals surface area (Å²) in [5, 5.41) is 2.89. The maximum atomic E-state index is 12.2. The van der Waals surface area contributed by atoms with Crippen molar-refractivity contribution >= 4 is 11.7 Å². The van der Waals surface area contributed by atoms with Gasteiger partial charge in [0, 0.05) is 32.2 Å². The van der Waals surface area contributed by atoms with Crippen LogP contribution in [0, 0.1) is 5.92 Å². The lowest BCUT2D eigenvalue weighted by Crippen LogP contribution is -2.53. The number of nitrogens with zero attached hydrogens (tertiary/aromatic N) is 2. The molecule has 1 N–H and O–H groups in total. The van der Waals surface area contributed by atoms with E-state index in [1.54, 1.807) is 6.92 Å². The molecule has 0 aromatic carbocycles. The summed E-state index contributed by atoms with van der Waals surface area (Å²) < 4.78 is 5.62. The molecular formula is C18H33N3O3. The molecule has 0 unspecified atom stereocenters. The number of hydrogen-bond acceptors (Lipinski definition) is 5. The largest absolute Gasteiger partial charge is 0.376 e. The molecule has 1 amide bonds. The van der Waals surface area contributed by atoms with Gasteiger partial charge in [0.2, 0.25) is 5.91 Å². The fourth-order valence-electron chi connectivity index (χ4n) is 3.78. The zero-order valence-electron chi connectivity index (χ0n) is 15.6. The zero-order valence-corrected chi connectivity index (χ0v) is 15.6. The van der Waals surface area contributed by atoms with Gasteiger partial charge in [-0.15, -0.1) is 0 Å². The second-order valence-electron chi connectivity index (χ2n) is 7.58. The second kappa shape index (κ2) is 8.92. The van der Waals surface area contributed by atoms with Gasteiger partial charge in [0.15, 0.2) is 5.78 Å². The number of ether oxygens (including phenoxy) is 1. The van der Waals surface area contributed by atoms with Gasteiger partial charge in [-0.1, -0.05) is 13.8 Å². The van der Waals surface area contributed by atoms with Crippen LogP contribution in [-0.4, -0.2) is 79.0 Å². The Hall–Kier alpha value is -0.980. The fraction of sp³-hybridized carbons (Fsp3) is 0.889.